The van der Waals surface area contributed by atoms with Crippen LogP contribution in [0.1, 0.15) is 20.3 Å². The highest BCUT2D eigenvalue weighted by Gasteiger charge is 2.17. The number of carbonyl (C=O) groups excluding carboxylic acids is 2. The second-order valence-electron chi connectivity index (χ2n) is 7.69. The van der Waals surface area contributed by atoms with Crippen LogP contribution in [0.15, 0.2) is 76.1 Å². The lowest BCUT2D eigenvalue weighted by molar-refractivity contribution is -0.121. The Bertz CT molecular complexity index is 1330. The van der Waals surface area contributed by atoms with Gasteiger partial charge in [-0.2, -0.15) is 0 Å². The molecule has 1 aliphatic heterocycles. The molecule has 1 heterocycles. The maximum absolute atomic E-state index is 12.3. The van der Waals surface area contributed by atoms with E-state index in [4.69, 9.17) is 10.2 Å². The van der Waals surface area contributed by atoms with Crippen LogP contribution < -0.4 is 11.1 Å². The van der Waals surface area contributed by atoms with E-state index in [0.717, 1.165) is 33.8 Å². The van der Waals surface area contributed by atoms with E-state index >= 15 is 0 Å². The topological polar surface area (TPSA) is 85.7 Å². The number of thioether (sulfide) groups is 1. The highest BCUT2D eigenvalue weighted by Crippen LogP contribution is 2.40. The van der Waals surface area contributed by atoms with Crippen LogP contribution in [0.3, 0.4) is 0 Å². The van der Waals surface area contributed by atoms with E-state index in [1.165, 1.54) is 0 Å². The van der Waals surface area contributed by atoms with Crippen LogP contribution in [0.5, 0.6) is 0 Å². The van der Waals surface area contributed by atoms with Crippen molar-refractivity contribution in [2.45, 2.75) is 20.3 Å². The summed E-state index contributed by atoms with van der Waals surface area (Å²) in [5, 5.41) is 1.15. The highest BCUT2D eigenvalue weighted by atomic mass is 32.2. The summed E-state index contributed by atoms with van der Waals surface area (Å²) in [5.41, 5.74) is 10.3. The van der Waals surface area contributed by atoms with Crippen LogP contribution in [0, 0.1) is 5.92 Å². The van der Waals surface area contributed by atoms with Gasteiger partial charge in [0.1, 0.15) is 17.1 Å². The molecule has 6 heteroatoms. The first kappa shape index (κ1) is 21.8. The summed E-state index contributed by atoms with van der Waals surface area (Å²) < 4.78 is 6.15. The quantitative estimate of drug-likeness (QED) is 0.294. The number of carbonyl (C=O) groups is 2. The number of benzene rings is 3. The monoisotopic (exact) mass is 444 g/mol. The van der Waals surface area contributed by atoms with Crippen molar-refractivity contribution in [1.82, 2.24) is 0 Å². The minimum Gasteiger partial charge on any atom is -0.456 e. The molecular weight excluding hydrogens is 420 g/mol. The number of nitrogens with two attached hydrogens (primary N) is 1. The Labute approximate surface area is 190 Å². The lowest BCUT2D eigenvalue weighted by atomic mass is 9.94. The molecule has 0 fully saturated rings. The van der Waals surface area contributed by atoms with Crippen LogP contribution in [0.4, 0.5) is 10.5 Å². The van der Waals surface area contributed by atoms with Crippen molar-refractivity contribution in [2.24, 2.45) is 10.9 Å². The van der Waals surface area contributed by atoms with Crippen LogP contribution in [0.2, 0.25) is 0 Å². The molecular formula is C26H24N2O3S. The molecule has 0 bridgehead atoms. The van der Waals surface area contributed by atoms with E-state index in [2.05, 4.69) is 17.1 Å². The molecule has 1 unspecified atom stereocenters. The molecule has 2 aromatic rings. The van der Waals surface area contributed by atoms with Gasteiger partial charge in [-0.05, 0) is 29.8 Å². The average molecular weight is 445 g/mol. The number of Topliss-reactive ketones (excluding diaryl/α,β-unsaturated/α-hetero) is 1. The van der Waals surface area contributed by atoms with E-state index < -0.39 is 0 Å². The third kappa shape index (κ3) is 4.60. The largest absolute Gasteiger partial charge is 0.456 e. The molecule has 2 N–H and O–H groups in total. The SMILES string of the molecule is CCC(=O)C(C)CSC(=O)/N=c1/ccc2c(-c3ccccc3)c3ccc(N)cc3oc-2c1. The Balaban J connectivity index is 1.77. The van der Waals surface area contributed by atoms with Gasteiger partial charge in [0.2, 0.25) is 0 Å². The fraction of sp³-hybridized carbons (Fsp3) is 0.192. The van der Waals surface area contributed by atoms with Gasteiger partial charge in [-0.15, -0.1) is 0 Å². The van der Waals surface area contributed by atoms with Gasteiger partial charge in [-0.1, -0.05) is 55.9 Å². The summed E-state index contributed by atoms with van der Waals surface area (Å²) in [6, 6.07) is 21.2. The smallest absolute Gasteiger partial charge is 0.305 e. The van der Waals surface area contributed by atoms with E-state index in [0.29, 0.717) is 34.6 Å². The van der Waals surface area contributed by atoms with Crippen molar-refractivity contribution in [2.75, 3.05) is 11.5 Å². The number of nitrogen functional groups attached to an aromatic ring is 1. The Morgan fingerprint density at radius 2 is 1.84 bits per heavy atom. The summed E-state index contributed by atoms with van der Waals surface area (Å²) in [4.78, 5) is 28.3. The summed E-state index contributed by atoms with van der Waals surface area (Å²) in [5.74, 6) is 1.03. The first-order valence-corrected chi connectivity index (χ1v) is 11.5. The maximum Gasteiger partial charge on any atom is 0.305 e. The van der Waals surface area contributed by atoms with Crippen molar-refractivity contribution in [3.8, 4) is 22.5 Å². The second-order valence-corrected chi connectivity index (χ2v) is 8.66. The van der Waals surface area contributed by atoms with Gasteiger partial charge >= 0.3 is 5.24 Å². The zero-order valence-corrected chi connectivity index (χ0v) is 18.8. The van der Waals surface area contributed by atoms with Crippen molar-refractivity contribution in [1.29, 1.82) is 0 Å². The summed E-state index contributed by atoms with van der Waals surface area (Å²) in [7, 11) is 0. The van der Waals surface area contributed by atoms with Gasteiger partial charge in [-0.3, -0.25) is 9.59 Å². The van der Waals surface area contributed by atoms with Crippen molar-refractivity contribution < 1.29 is 14.0 Å². The molecule has 1 amide bonds. The Morgan fingerprint density at radius 1 is 1.06 bits per heavy atom. The van der Waals surface area contributed by atoms with Crippen LogP contribution >= 0.6 is 11.8 Å². The van der Waals surface area contributed by atoms with Gasteiger partial charge < -0.3 is 10.2 Å². The van der Waals surface area contributed by atoms with Crippen molar-refractivity contribution in [3.05, 3.63) is 72.1 Å². The molecule has 0 spiro atoms. The van der Waals surface area contributed by atoms with Gasteiger partial charge in [-0.25, -0.2) is 4.99 Å². The number of fused-ring (bicyclic) bond motifs is 2. The van der Waals surface area contributed by atoms with E-state index in [1.807, 2.05) is 56.3 Å². The number of ketones is 1. The highest BCUT2D eigenvalue weighted by molar-refractivity contribution is 8.13. The minimum atomic E-state index is -0.326. The molecule has 0 radical (unpaired) electrons. The van der Waals surface area contributed by atoms with Crippen LogP contribution in [-0.4, -0.2) is 16.8 Å². The lowest BCUT2D eigenvalue weighted by Gasteiger charge is -2.15. The average Bonchev–Trinajstić information content (AvgIpc) is 2.80. The number of rotatable bonds is 5. The summed E-state index contributed by atoms with van der Waals surface area (Å²) >= 11 is 1.06. The Morgan fingerprint density at radius 3 is 2.59 bits per heavy atom. The third-order valence-corrected chi connectivity index (χ3v) is 6.37. The molecule has 2 aliphatic rings. The predicted molar refractivity (Wildman–Crippen MR) is 131 cm³/mol. The minimum absolute atomic E-state index is 0.148. The number of hydrogen-bond donors (Lipinski definition) is 1. The number of anilines is 1. The van der Waals surface area contributed by atoms with Crippen molar-refractivity contribution >= 4 is 39.4 Å². The molecule has 162 valence electrons. The molecule has 1 atom stereocenters. The van der Waals surface area contributed by atoms with Crippen LogP contribution in [-0.2, 0) is 4.79 Å². The molecule has 32 heavy (non-hydrogen) atoms. The molecule has 0 saturated heterocycles. The normalized spacial score (nSPS) is 12.9. The Hall–Kier alpha value is -3.38. The van der Waals surface area contributed by atoms with Gasteiger partial charge in [0.05, 0.1) is 5.36 Å². The second kappa shape index (κ2) is 9.40. The van der Waals surface area contributed by atoms with Crippen LogP contribution in [0.25, 0.3) is 33.4 Å². The van der Waals surface area contributed by atoms with E-state index in [9.17, 15) is 9.59 Å². The molecule has 0 saturated carbocycles. The first-order chi connectivity index (χ1) is 15.5. The number of hydrogen-bond acceptors (Lipinski definition) is 5. The molecule has 0 aromatic heterocycles. The molecule has 5 nitrogen and oxygen atoms in total. The number of amides is 1. The van der Waals surface area contributed by atoms with Gasteiger partial charge in [0, 0.05) is 52.4 Å². The van der Waals surface area contributed by atoms with Gasteiger partial charge in [0.25, 0.3) is 0 Å². The number of nitrogens with zero attached hydrogens (tertiary/aromatic N) is 1. The summed E-state index contributed by atoms with van der Waals surface area (Å²) in [6.45, 7) is 3.66. The standard InChI is InChI=1S/C26H24N2O3S/c1-3-22(29)16(2)15-32-26(30)28-19-10-12-21-24(14-19)31-23-13-18(27)9-11-20(23)25(21)17-7-5-4-6-8-17/h4-14,16H,3,15,27H2,1-2H3/b28-19-. The van der Waals surface area contributed by atoms with Gasteiger partial charge in [0.15, 0.2) is 0 Å². The zero-order valence-electron chi connectivity index (χ0n) is 18.0. The zero-order chi connectivity index (χ0) is 22.7. The third-order valence-electron chi connectivity index (χ3n) is 5.37. The molecule has 4 rings (SSSR count). The fourth-order valence-electron chi connectivity index (χ4n) is 3.66. The predicted octanol–water partition coefficient (Wildman–Crippen LogP) is 6.16. The van der Waals surface area contributed by atoms with E-state index in [-0.39, 0.29) is 16.9 Å². The molecule has 2 aromatic carbocycles. The first-order valence-electron chi connectivity index (χ1n) is 10.5. The maximum atomic E-state index is 12.3. The lowest BCUT2D eigenvalue weighted by Crippen LogP contribution is -2.13. The summed E-state index contributed by atoms with van der Waals surface area (Å²) in [6.07, 6.45) is 0.474. The molecule has 1 aliphatic carbocycles. The Kier molecular flexibility index (Phi) is 6.42. The van der Waals surface area contributed by atoms with E-state index in [1.54, 1.807) is 12.1 Å². The van der Waals surface area contributed by atoms with Crippen molar-refractivity contribution in [3.63, 3.8) is 0 Å². The fourth-order valence-corrected chi connectivity index (χ4v) is 4.40.